The maximum absolute atomic E-state index is 12.2. The summed E-state index contributed by atoms with van der Waals surface area (Å²) in [6.45, 7) is -0.389. The van der Waals surface area contributed by atoms with Gasteiger partial charge in [-0.1, -0.05) is 12.1 Å². The summed E-state index contributed by atoms with van der Waals surface area (Å²) >= 11 is 0. The summed E-state index contributed by atoms with van der Waals surface area (Å²) < 4.78 is 21.1. The summed E-state index contributed by atoms with van der Waals surface area (Å²) in [4.78, 5) is 12.2. The van der Waals surface area contributed by atoms with Gasteiger partial charge in [0.05, 0.1) is 19.3 Å². The Balaban J connectivity index is 1.56. The van der Waals surface area contributed by atoms with E-state index in [1.54, 1.807) is 19.2 Å². The van der Waals surface area contributed by atoms with Crippen molar-refractivity contribution in [2.24, 2.45) is 0 Å². The third kappa shape index (κ3) is 5.83. The van der Waals surface area contributed by atoms with Crippen molar-refractivity contribution < 1.29 is 54.4 Å². The largest absolute Gasteiger partial charge is 0.504 e. The van der Waals surface area contributed by atoms with Gasteiger partial charge in [-0.25, -0.2) is 4.79 Å². The topological polar surface area (TPSA) is 175 Å². The number of phenols is 3. The number of hydrogen-bond acceptors (Lipinski definition) is 11. The van der Waals surface area contributed by atoms with E-state index in [2.05, 4.69) is 0 Å². The van der Waals surface area contributed by atoms with Crippen molar-refractivity contribution in [3.8, 4) is 23.0 Å². The minimum Gasteiger partial charge on any atom is -0.504 e. The van der Waals surface area contributed by atoms with Crippen molar-refractivity contribution in [3.05, 3.63) is 47.5 Å². The molecule has 1 saturated heterocycles. The predicted molar refractivity (Wildman–Crippen MR) is 111 cm³/mol. The Morgan fingerprint density at radius 3 is 2.21 bits per heavy atom. The van der Waals surface area contributed by atoms with Crippen LogP contribution in [0.15, 0.2) is 36.4 Å². The van der Waals surface area contributed by atoms with Crippen molar-refractivity contribution in [3.63, 3.8) is 0 Å². The third-order valence-corrected chi connectivity index (χ3v) is 5.18. The Kier molecular flexibility index (Phi) is 7.95. The molecule has 11 nitrogen and oxygen atoms in total. The number of aliphatic hydroxyl groups is 3. The van der Waals surface area contributed by atoms with Crippen LogP contribution < -0.4 is 4.74 Å². The van der Waals surface area contributed by atoms with Crippen LogP contribution in [0.3, 0.4) is 0 Å². The Labute approximate surface area is 189 Å². The highest BCUT2D eigenvalue weighted by molar-refractivity contribution is 5.91. The minimum atomic E-state index is -1.62. The predicted octanol–water partition coefficient (Wildman–Crippen LogP) is 0.0357. The molecule has 11 heteroatoms. The second-order valence-electron chi connectivity index (χ2n) is 7.45. The molecular formula is C22H26O11. The number of benzene rings is 2. The fourth-order valence-electron chi connectivity index (χ4n) is 3.24. The molecule has 1 aliphatic heterocycles. The lowest BCUT2D eigenvalue weighted by molar-refractivity contribution is -0.300. The molecule has 0 radical (unpaired) electrons. The van der Waals surface area contributed by atoms with E-state index in [0.717, 1.165) is 17.7 Å². The molecule has 1 aliphatic rings. The zero-order valence-electron chi connectivity index (χ0n) is 17.7. The van der Waals surface area contributed by atoms with E-state index < -0.39 is 60.5 Å². The van der Waals surface area contributed by atoms with Gasteiger partial charge in [-0.3, -0.25) is 0 Å². The van der Waals surface area contributed by atoms with Gasteiger partial charge in [0.2, 0.25) is 0 Å². The lowest BCUT2D eigenvalue weighted by Gasteiger charge is -2.40. The maximum atomic E-state index is 12.2. The molecule has 3 rings (SSSR count). The monoisotopic (exact) mass is 466 g/mol. The molecule has 0 amide bonds. The van der Waals surface area contributed by atoms with Gasteiger partial charge in [-0.05, 0) is 36.2 Å². The normalized spacial score (nSPS) is 24.9. The quantitative estimate of drug-likeness (QED) is 0.229. The number of methoxy groups -OCH3 is 1. The van der Waals surface area contributed by atoms with Gasteiger partial charge in [0, 0.05) is 0 Å². The van der Waals surface area contributed by atoms with Crippen LogP contribution in [0.5, 0.6) is 23.0 Å². The first kappa shape index (κ1) is 24.6. The SMILES string of the molecule is COc1ccc(CCO[C@@H]2O[C@H](COC(=O)c3cc(O)c(O)c(O)c3)[C@@H](O)[C@H](O)[C@H]2O)cc1. The molecule has 0 spiro atoms. The maximum Gasteiger partial charge on any atom is 0.338 e. The van der Waals surface area contributed by atoms with Crippen LogP contribution in [0.2, 0.25) is 0 Å². The highest BCUT2D eigenvalue weighted by Gasteiger charge is 2.44. The lowest BCUT2D eigenvalue weighted by atomic mass is 9.99. The molecule has 0 saturated carbocycles. The van der Waals surface area contributed by atoms with E-state index in [4.69, 9.17) is 18.9 Å². The summed E-state index contributed by atoms with van der Waals surface area (Å²) in [5.74, 6) is -2.52. The fourth-order valence-corrected chi connectivity index (χ4v) is 3.24. The van der Waals surface area contributed by atoms with Crippen LogP contribution >= 0.6 is 0 Å². The Hall–Kier alpha value is -3.09. The van der Waals surface area contributed by atoms with Gasteiger partial charge >= 0.3 is 5.97 Å². The average molecular weight is 466 g/mol. The Morgan fingerprint density at radius 2 is 1.61 bits per heavy atom. The summed E-state index contributed by atoms with van der Waals surface area (Å²) in [7, 11) is 1.56. The van der Waals surface area contributed by atoms with Crippen LogP contribution in [-0.2, 0) is 20.6 Å². The molecule has 180 valence electrons. The molecule has 0 unspecified atom stereocenters. The van der Waals surface area contributed by atoms with E-state index in [-0.39, 0.29) is 12.2 Å². The molecule has 2 aromatic rings. The number of hydrogen-bond donors (Lipinski definition) is 6. The highest BCUT2D eigenvalue weighted by Crippen LogP contribution is 2.35. The van der Waals surface area contributed by atoms with Crippen molar-refractivity contribution >= 4 is 5.97 Å². The first-order chi connectivity index (χ1) is 15.7. The highest BCUT2D eigenvalue weighted by atomic mass is 16.7. The van der Waals surface area contributed by atoms with E-state index >= 15 is 0 Å². The van der Waals surface area contributed by atoms with E-state index in [1.807, 2.05) is 12.1 Å². The summed E-state index contributed by atoms with van der Waals surface area (Å²) in [5.41, 5.74) is 0.675. The van der Waals surface area contributed by atoms with E-state index in [9.17, 15) is 35.4 Å². The van der Waals surface area contributed by atoms with Gasteiger partial charge < -0.3 is 49.6 Å². The molecular weight excluding hydrogens is 440 g/mol. The number of esters is 1. The smallest absolute Gasteiger partial charge is 0.338 e. The minimum absolute atomic E-state index is 0.134. The number of rotatable bonds is 8. The molecule has 1 heterocycles. The first-order valence-electron chi connectivity index (χ1n) is 10.1. The Morgan fingerprint density at radius 1 is 0.970 bits per heavy atom. The molecule has 0 aromatic heterocycles. The van der Waals surface area contributed by atoms with Crippen molar-refractivity contribution in [1.82, 2.24) is 0 Å². The number of carbonyl (C=O) groups excluding carboxylic acids is 1. The second kappa shape index (κ2) is 10.7. The van der Waals surface area contributed by atoms with Crippen molar-refractivity contribution in [2.75, 3.05) is 20.3 Å². The summed E-state index contributed by atoms with van der Waals surface area (Å²) in [5, 5.41) is 58.9. The number of aromatic hydroxyl groups is 3. The van der Waals surface area contributed by atoms with Gasteiger partial charge in [0.15, 0.2) is 23.5 Å². The van der Waals surface area contributed by atoms with Crippen LogP contribution in [0.25, 0.3) is 0 Å². The van der Waals surface area contributed by atoms with Crippen molar-refractivity contribution in [1.29, 1.82) is 0 Å². The van der Waals surface area contributed by atoms with E-state index in [0.29, 0.717) is 12.2 Å². The molecule has 0 aliphatic carbocycles. The molecule has 5 atom stereocenters. The van der Waals surface area contributed by atoms with Gasteiger partial charge in [0.25, 0.3) is 0 Å². The first-order valence-corrected chi connectivity index (χ1v) is 10.1. The van der Waals surface area contributed by atoms with Gasteiger partial charge in [-0.2, -0.15) is 0 Å². The second-order valence-corrected chi connectivity index (χ2v) is 7.45. The number of aliphatic hydroxyl groups excluding tert-OH is 3. The standard InChI is InChI=1S/C22H26O11/c1-30-13-4-2-11(3-5-13)6-7-31-22-20(28)19(27)18(26)16(33-22)10-32-21(29)12-8-14(23)17(25)15(24)9-12/h2-5,8-9,16,18-20,22-28H,6-7,10H2,1H3/t16-,18-,19+,20-,22-/m1/s1. The van der Waals surface area contributed by atoms with Crippen LogP contribution in [-0.4, -0.2) is 87.6 Å². The number of phenolic OH excluding ortho intramolecular Hbond substituents is 3. The fraction of sp³-hybridized carbons (Fsp3) is 0.409. The molecule has 2 aromatic carbocycles. The zero-order chi connectivity index (χ0) is 24.1. The van der Waals surface area contributed by atoms with Crippen LogP contribution in [0.1, 0.15) is 15.9 Å². The molecule has 33 heavy (non-hydrogen) atoms. The third-order valence-electron chi connectivity index (χ3n) is 5.18. The zero-order valence-corrected chi connectivity index (χ0v) is 17.7. The van der Waals surface area contributed by atoms with Crippen molar-refractivity contribution in [2.45, 2.75) is 37.1 Å². The number of carbonyl (C=O) groups is 1. The van der Waals surface area contributed by atoms with Gasteiger partial charge in [-0.15, -0.1) is 0 Å². The molecule has 6 N–H and O–H groups in total. The lowest BCUT2D eigenvalue weighted by Crippen LogP contribution is -2.59. The van der Waals surface area contributed by atoms with Gasteiger partial charge in [0.1, 0.15) is 36.8 Å². The molecule has 0 bridgehead atoms. The summed E-state index contributed by atoms with van der Waals surface area (Å²) in [6.07, 6.45) is -6.76. The molecule has 1 fully saturated rings. The van der Waals surface area contributed by atoms with Crippen LogP contribution in [0, 0.1) is 0 Å². The van der Waals surface area contributed by atoms with E-state index in [1.165, 1.54) is 0 Å². The average Bonchev–Trinajstić information content (AvgIpc) is 2.81. The summed E-state index contributed by atoms with van der Waals surface area (Å²) in [6, 6.07) is 9.05. The van der Waals surface area contributed by atoms with Crippen LogP contribution in [0.4, 0.5) is 0 Å². The number of ether oxygens (including phenoxy) is 4. The Bertz CT molecular complexity index is 923.